The van der Waals surface area contributed by atoms with Crippen LogP contribution in [0.3, 0.4) is 0 Å². The second kappa shape index (κ2) is 8.05. The zero-order chi connectivity index (χ0) is 19.6. The highest BCUT2D eigenvalue weighted by molar-refractivity contribution is 8.14. The van der Waals surface area contributed by atoms with E-state index in [1.807, 2.05) is 59.5 Å². The fraction of sp³-hybridized carbons (Fsp3) is 0.350. The van der Waals surface area contributed by atoms with Crippen LogP contribution in [0.5, 0.6) is 11.5 Å². The Bertz CT molecular complexity index is 963. The first-order chi connectivity index (χ1) is 13.6. The van der Waals surface area contributed by atoms with Gasteiger partial charge in [0.1, 0.15) is 11.5 Å². The lowest BCUT2D eigenvalue weighted by molar-refractivity contribution is 0.344. The molecule has 1 saturated heterocycles. The number of fused-ring (bicyclic) bond motifs is 1. The van der Waals surface area contributed by atoms with E-state index in [9.17, 15) is 8.42 Å². The molecule has 2 heterocycles. The van der Waals surface area contributed by atoms with Crippen molar-refractivity contribution in [3.8, 4) is 11.5 Å². The van der Waals surface area contributed by atoms with E-state index in [2.05, 4.69) is 0 Å². The summed E-state index contributed by atoms with van der Waals surface area (Å²) in [5.41, 5.74) is 0.852. The molecule has 2 aromatic carbocycles. The maximum Gasteiger partial charge on any atom is 0.164 e. The zero-order valence-electron chi connectivity index (χ0n) is 15.5. The number of aliphatic imine (C=N–C) groups is 1. The molecule has 2 atom stereocenters. The van der Waals surface area contributed by atoms with E-state index in [1.54, 1.807) is 18.9 Å². The Morgan fingerprint density at radius 3 is 2.64 bits per heavy atom. The fourth-order valence-electron chi connectivity index (χ4n) is 3.55. The average Bonchev–Trinajstić information content (AvgIpc) is 3.17. The van der Waals surface area contributed by atoms with Crippen LogP contribution in [0.25, 0.3) is 0 Å². The van der Waals surface area contributed by atoms with Gasteiger partial charge in [0.2, 0.25) is 0 Å². The van der Waals surface area contributed by atoms with Crippen molar-refractivity contribution in [3.63, 3.8) is 0 Å². The van der Waals surface area contributed by atoms with E-state index in [0.29, 0.717) is 18.1 Å². The van der Waals surface area contributed by atoms with Crippen molar-refractivity contribution in [1.82, 2.24) is 0 Å². The fourth-order valence-corrected chi connectivity index (χ4v) is 6.33. The second-order valence-electron chi connectivity index (χ2n) is 6.68. The molecule has 0 radical (unpaired) electrons. The van der Waals surface area contributed by atoms with Gasteiger partial charge in [0.25, 0.3) is 0 Å². The van der Waals surface area contributed by atoms with Crippen LogP contribution in [0.4, 0.5) is 5.69 Å². The standard InChI is InChI=1S/C20H22N2O4S2/c1-25-19-10-6-5-9-17(19)22-18-14-28(23,24)13-16(18)21-20(22)27-12-11-26-15-7-3-2-4-8-15/h2-10,16,18H,11-14H2,1H3. The van der Waals surface area contributed by atoms with E-state index < -0.39 is 9.84 Å². The number of anilines is 1. The first-order valence-electron chi connectivity index (χ1n) is 9.08. The van der Waals surface area contributed by atoms with Crippen molar-refractivity contribution >= 4 is 32.5 Å². The second-order valence-corrected chi connectivity index (χ2v) is 9.89. The summed E-state index contributed by atoms with van der Waals surface area (Å²) < 4.78 is 35.6. The van der Waals surface area contributed by atoms with Gasteiger partial charge < -0.3 is 14.4 Å². The Morgan fingerprint density at radius 1 is 1.11 bits per heavy atom. The van der Waals surface area contributed by atoms with Crippen LogP contribution in [0.1, 0.15) is 0 Å². The number of para-hydroxylation sites is 3. The summed E-state index contributed by atoms with van der Waals surface area (Å²) in [5.74, 6) is 2.48. The SMILES string of the molecule is COc1ccccc1N1C(SCCOc2ccccc2)=NC2CS(=O)(=O)CC21. The number of methoxy groups -OCH3 is 1. The van der Waals surface area contributed by atoms with Gasteiger partial charge in [0, 0.05) is 5.75 Å². The average molecular weight is 419 g/mol. The number of rotatable bonds is 6. The summed E-state index contributed by atoms with van der Waals surface area (Å²) in [6, 6.07) is 16.9. The molecular weight excluding hydrogens is 396 g/mol. The smallest absolute Gasteiger partial charge is 0.164 e. The van der Waals surface area contributed by atoms with E-state index in [4.69, 9.17) is 14.5 Å². The van der Waals surface area contributed by atoms with Crippen LogP contribution >= 0.6 is 11.8 Å². The third kappa shape index (κ3) is 3.98. The zero-order valence-corrected chi connectivity index (χ0v) is 17.2. The molecule has 0 bridgehead atoms. The van der Waals surface area contributed by atoms with Crippen LogP contribution in [0, 0.1) is 0 Å². The molecule has 0 saturated carbocycles. The van der Waals surface area contributed by atoms with Crippen LogP contribution in [-0.2, 0) is 9.84 Å². The van der Waals surface area contributed by atoms with Gasteiger partial charge in [-0.15, -0.1) is 0 Å². The van der Waals surface area contributed by atoms with Crippen LogP contribution in [-0.4, -0.2) is 56.6 Å². The first kappa shape index (κ1) is 19.1. The molecule has 6 nitrogen and oxygen atoms in total. The van der Waals surface area contributed by atoms with Crippen molar-refractivity contribution in [2.45, 2.75) is 12.1 Å². The molecule has 2 unspecified atom stereocenters. The quantitative estimate of drug-likeness (QED) is 0.672. The Hall–Kier alpha value is -2.19. The lowest BCUT2D eigenvalue weighted by Gasteiger charge is -2.27. The van der Waals surface area contributed by atoms with Crippen molar-refractivity contribution in [2.24, 2.45) is 4.99 Å². The third-order valence-corrected chi connectivity index (χ3v) is 7.41. The van der Waals surface area contributed by atoms with E-state index in [1.165, 1.54) is 0 Å². The molecular formula is C20H22N2O4S2. The number of hydrogen-bond donors (Lipinski definition) is 0. The minimum Gasteiger partial charge on any atom is -0.495 e. The van der Waals surface area contributed by atoms with Gasteiger partial charge in [-0.05, 0) is 24.3 Å². The number of ether oxygens (including phenoxy) is 2. The molecule has 2 aromatic rings. The number of sulfone groups is 1. The molecule has 2 aliphatic rings. The summed E-state index contributed by atoms with van der Waals surface area (Å²) >= 11 is 1.58. The van der Waals surface area contributed by atoms with E-state index >= 15 is 0 Å². The highest BCUT2D eigenvalue weighted by Gasteiger charge is 2.47. The van der Waals surface area contributed by atoms with Crippen LogP contribution in [0.2, 0.25) is 0 Å². The summed E-state index contributed by atoms with van der Waals surface area (Å²) in [7, 11) is -1.45. The highest BCUT2D eigenvalue weighted by atomic mass is 32.2. The molecule has 4 rings (SSSR count). The summed E-state index contributed by atoms with van der Waals surface area (Å²) in [6.07, 6.45) is 0. The van der Waals surface area contributed by atoms with Gasteiger partial charge in [0.15, 0.2) is 15.0 Å². The van der Waals surface area contributed by atoms with E-state index in [0.717, 1.165) is 16.6 Å². The number of thioether (sulfide) groups is 1. The largest absolute Gasteiger partial charge is 0.495 e. The maximum absolute atomic E-state index is 12.1. The third-order valence-electron chi connectivity index (χ3n) is 4.78. The number of hydrogen-bond acceptors (Lipinski definition) is 7. The molecule has 8 heteroatoms. The normalized spacial score (nSPS) is 22.6. The van der Waals surface area contributed by atoms with Crippen molar-refractivity contribution in [2.75, 3.05) is 35.9 Å². The van der Waals surface area contributed by atoms with Gasteiger partial charge >= 0.3 is 0 Å². The van der Waals surface area contributed by atoms with Crippen LogP contribution < -0.4 is 14.4 Å². The number of benzene rings is 2. The lowest BCUT2D eigenvalue weighted by atomic mass is 10.1. The molecule has 28 heavy (non-hydrogen) atoms. The van der Waals surface area contributed by atoms with Gasteiger partial charge in [-0.1, -0.05) is 42.1 Å². The molecule has 148 valence electrons. The minimum atomic E-state index is -3.07. The Labute approximate surface area is 169 Å². The first-order valence-corrected chi connectivity index (χ1v) is 11.9. The molecule has 0 amide bonds. The molecule has 2 aliphatic heterocycles. The topological polar surface area (TPSA) is 68.2 Å². The van der Waals surface area contributed by atoms with Gasteiger partial charge in [0.05, 0.1) is 43.0 Å². The lowest BCUT2D eigenvalue weighted by Crippen LogP contribution is -2.39. The molecule has 1 fully saturated rings. The van der Waals surface area contributed by atoms with Gasteiger partial charge in [-0.25, -0.2) is 8.42 Å². The summed E-state index contributed by atoms with van der Waals surface area (Å²) in [4.78, 5) is 6.77. The summed E-state index contributed by atoms with van der Waals surface area (Å²) in [6.45, 7) is 0.543. The predicted octanol–water partition coefficient (Wildman–Crippen LogP) is 2.85. The van der Waals surface area contributed by atoms with Crippen molar-refractivity contribution < 1.29 is 17.9 Å². The Kier molecular flexibility index (Phi) is 5.50. The van der Waals surface area contributed by atoms with E-state index in [-0.39, 0.29) is 23.6 Å². The molecule has 0 spiro atoms. The maximum atomic E-state index is 12.1. The summed E-state index contributed by atoms with van der Waals surface area (Å²) in [5, 5.41) is 0.825. The molecule has 0 N–H and O–H groups in total. The number of nitrogens with zero attached hydrogens (tertiary/aromatic N) is 2. The Morgan fingerprint density at radius 2 is 1.86 bits per heavy atom. The molecule has 0 aromatic heterocycles. The highest BCUT2D eigenvalue weighted by Crippen LogP contribution is 2.39. The van der Waals surface area contributed by atoms with Crippen LogP contribution in [0.15, 0.2) is 59.6 Å². The monoisotopic (exact) mass is 418 g/mol. The van der Waals surface area contributed by atoms with Gasteiger partial charge in [-0.3, -0.25) is 4.99 Å². The van der Waals surface area contributed by atoms with Crippen molar-refractivity contribution in [1.29, 1.82) is 0 Å². The Balaban J connectivity index is 1.51. The van der Waals surface area contributed by atoms with Gasteiger partial charge in [-0.2, -0.15) is 0 Å². The molecule has 0 aliphatic carbocycles. The van der Waals surface area contributed by atoms with Crippen molar-refractivity contribution in [3.05, 3.63) is 54.6 Å². The predicted molar refractivity (Wildman–Crippen MR) is 114 cm³/mol. The minimum absolute atomic E-state index is 0.105. The number of amidine groups is 1.